The Kier molecular flexibility index (Phi) is 5.56. The summed E-state index contributed by atoms with van der Waals surface area (Å²) >= 11 is 0. The molecule has 0 bridgehead atoms. The topological polar surface area (TPSA) is 99.9 Å². The zero-order valence-corrected chi connectivity index (χ0v) is 13.1. The number of nitro benzene ring substituents is 1. The number of hydrogen-bond donors (Lipinski definition) is 1. The third kappa shape index (κ3) is 4.35. The number of methoxy groups -OCH3 is 2. The number of carbonyl (C=O) groups is 1. The molecule has 8 nitrogen and oxygen atoms in total. The summed E-state index contributed by atoms with van der Waals surface area (Å²) in [6.07, 6.45) is 0. The molecule has 0 saturated heterocycles. The second kappa shape index (κ2) is 7.82. The zero-order valence-electron chi connectivity index (χ0n) is 13.1. The van der Waals surface area contributed by atoms with Gasteiger partial charge in [-0.1, -0.05) is 0 Å². The van der Waals surface area contributed by atoms with Crippen molar-refractivity contribution >= 4 is 17.3 Å². The number of nitro groups is 1. The SMILES string of the molecule is COc1ccc(NC(=O)COc2ccc([N+](=O)[O-])c(OC)c2)cc1. The van der Waals surface area contributed by atoms with Gasteiger partial charge in [0.15, 0.2) is 6.61 Å². The van der Waals surface area contributed by atoms with Crippen molar-refractivity contribution in [1.82, 2.24) is 0 Å². The van der Waals surface area contributed by atoms with Crippen LogP contribution in [0, 0.1) is 10.1 Å². The molecular formula is C16H16N2O6. The van der Waals surface area contributed by atoms with E-state index in [9.17, 15) is 14.9 Å². The average molecular weight is 332 g/mol. The molecule has 0 spiro atoms. The van der Waals surface area contributed by atoms with Gasteiger partial charge in [0.1, 0.15) is 11.5 Å². The van der Waals surface area contributed by atoms with Crippen LogP contribution in [0.3, 0.4) is 0 Å². The van der Waals surface area contributed by atoms with Gasteiger partial charge < -0.3 is 19.5 Å². The minimum atomic E-state index is -0.557. The van der Waals surface area contributed by atoms with Crippen molar-refractivity contribution < 1.29 is 23.9 Å². The van der Waals surface area contributed by atoms with Gasteiger partial charge in [-0.3, -0.25) is 14.9 Å². The van der Waals surface area contributed by atoms with Gasteiger partial charge in [0.05, 0.1) is 19.1 Å². The van der Waals surface area contributed by atoms with Crippen LogP contribution in [0.5, 0.6) is 17.2 Å². The van der Waals surface area contributed by atoms with Gasteiger partial charge in [-0.25, -0.2) is 0 Å². The highest BCUT2D eigenvalue weighted by atomic mass is 16.6. The summed E-state index contributed by atoms with van der Waals surface area (Å²) < 4.78 is 15.3. The van der Waals surface area contributed by atoms with Crippen LogP contribution < -0.4 is 19.5 Å². The highest BCUT2D eigenvalue weighted by Crippen LogP contribution is 2.30. The number of carbonyl (C=O) groups excluding carboxylic acids is 1. The van der Waals surface area contributed by atoms with E-state index in [1.165, 1.54) is 25.3 Å². The van der Waals surface area contributed by atoms with E-state index in [-0.39, 0.29) is 24.0 Å². The van der Waals surface area contributed by atoms with E-state index < -0.39 is 4.92 Å². The summed E-state index contributed by atoms with van der Waals surface area (Å²) in [5.74, 6) is 0.676. The largest absolute Gasteiger partial charge is 0.497 e. The Morgan fingerprint density at radius 3 is 2.33 bits per heavy atom. The number of ether oxygens (including phenoxy) is 3. The minimum absolute atomic E-state index is 0.0630. The van der Waals surface area contributed by atoms with Crippen LogP contribution in [0.4, 0.5) is 11.4 Å². The zero-order chi connectivity index (χ0) is 17.5. The maximum atomic E-state index is 11.9. The predicted molar refractivity (Wildman–Crippen MR) is 86.8 cm³/mol. The van der Waals surface area contributed by atoms with Gasteiger partial charge >= 0.3 is 5.69 Å². The summed E-state index contributed by atoms with van der Waals surface area (Å²) in [4.78, 5) is 22.1. The molecule has 8 heteroatoms. The molecule has 0 saturated carbocycles. The van der Waals surface area contributed by atoms with Crippen LogP contribution in [0.25, 0.3) is 0 Å². The van der Waals surface area contributed by atoms with Crippen LogP contribution in [0.15, 0.2) is 42.5 Å². The molecule has 0 heterocycles. The third-order valence-electron chi connectivity index (χ3n) is 3.09. The lowest BCUT2D eigenvalue weighted by Gasteiger charge is -2.09. The summed E-state index contributed by atoms with van der Waals surface area (Å²) in [6.45, 7) is -0.243. The van der Waals surface area contributed by atoms with E-state index in [4.69, 9.17) is 14.2 Å². The van der Waals surface area contributed by atoms with Gasteiger partial charge in [0.25, 0.3) is 5.91 Å². The Bertz CT molecular complexity index is 730. The molecule has 0 aliphatic heterocycles. The molecule has 0 atom stereocenters. The fourth-order valence-corrected chi connectivity index (χ4v) is 1.92. The van der Waals surface area contributed by atoms with E-state index in [0.29, 0.717) is 17.2 Å². The lowest BCUT2D eigenvalue weighted by molar-refractivity contribution is -0.385. The molecule has 2 aromatic rings. The maximum Gasteiger partial charge on any atom is 0.311 e. The first-order valence-electron chi connectivity index (χ1n) is 6.92. The molecule has 0 unspecified atom stereocenters. The number of anilines is 1. The van der Waals surface area contributed by atoms with Crippen molar-refractivity contribution in [1.29, 1.82) is 0 Å². The Labute approximate surface area is 138 Å². The molecule has 2 rings (SSSR count). The quantitative estimate of drug-likeness (QED) is 0.618. The van der Waals surface area contributed by atoms with Crippen molar-refractivity contribution in [2.45, 2.75) is 0 Å². The number of nitrogens with zero attached hydrogens (tertiary/aromatic N) is 1. The van der Waals surface area contributed by atoms with Crippen molar-refractivity contribution in [3.63, 3.8) is 0 Å². The minimum Gasteiger partial charge on any atom is -0.497 e. The number of nitrogens with one attached hydrogen (secondary N) is 1. The summed E-state index contributed by atoms with van der Waals surface area (Å²) in [7, 11) is 2.88. The van der Waals surface area contributed by atoms with Crippen molar-refractivity contribution in [3.8, 4) is 17.2 Å². The Balaban J connectivity index is 1.94. The highest BCUT2D eigenvalue weighted by molar-refractivity contribution is 5.91. The number of hydrogen-bond acceptors (Lipinski definition) is 6. The lowest BCUT2D eigenvalue weighted by Crippen LogP contribution is -2.20. The molecule has 1 N–H and O–H groups in total. The summed E-state index contributed by atoms with van der Waals surface area (Å²) in [6, 6.07) is 10.9. The van der Waals surface area contributed by atoms with Crippen LogP contribution >= 0.6 is 0 Å². The van der Waals surface area contributed by atoms with Gasteiger partial charge in [0.2, 0.25) is 5.75 Å². The highest BCUT2D eigenvalue weighted by Gasteiger charge is 2.15. The van der Waals surface area contributed by atoms with Crippen molar-refractivity contribution in [3.05, 3.63) is 52.6 Å². The van der Waals surface area contributed by atoms with Gasteiger partial charge in [-0.15, -0.1) is 0 Å². The summed E-state index contributed by atoms with van der Waals surface area (Å²) in [5.41, 5.74) is 0.429. The molecule has 1 amide bonds. The van der Waals surface area contributed by atoms with E-state index in [1.54, 1.807) is 31.4 Å². The van der Waals surface area contributed by atoms with Gasteiger partial charge in [0, 0.05) is 17.8 Å². The molecule has 0 radical (unpaired) electrons. The molecule has 0 aromatic heterocycles. The van der Waals surface area contributed by atoms with Crippen LogP contribution in [0.1, 0.15) is 0 Å². The van der Waals surface area contributed by atoms with Crippen LogP contribution in [-0.2, 0) is 4.79 Å². The van der Waals surface area contributed by atoms with E-state index in [0.717, 1.165) is 0 Å². The maximum absolute atomic E-state index is 11.9. The number of benzene rings is 2. The normalized spacial score (nSPS) is 9.92. The molecule has 0 aliphatic rings. The van der Waals surface area contributed by atoms with E-state index in [2.05, 4.69) is 5.32 Å². The molecule has 0 aliphatic carbocycles. The lowest BCUT2D eigenvalue weighted by atomic mass is 10.3. The molecule has 0 fully saturated rings. The van der Waals surface area contributed by atoms with E-state index >= 15 is 0 Å². The first-order valence-corrected chi connectivity index (χ1v) is 6.92. The Morgan fingerprint density at radius 1 is 1.08 bits per heavy atom. The standard InChI is InChI=1S/C16H16N2O6/c1-22-12-5-3-11(4-6-12)17-16(19)10-24-13-7-8-14(18(20)21)15(9-13)23-2/h3-9H,10H2,1-2H3,(H,17,19). The Hall–Kier alpha value is -3.29. The summed E-state index contributed by atoms with van der Waals surface area (Å²) in [5, 5.41) is 13.5. The van der Waals surface area contributed by atoms with Crippen LogP contribution in [0.2, 0.25) is 0 Å². The second-order valence-electron chi connectivity index (χ2n) is 4.66. The van der Waals surface area contributed by atoms with E-state index in [1.807, 2.05) is 0 Å². The molecule has 126 valence electrons. The van der Waals surface area contributed by atoms with Crippen molar-refractivity contribution in [2.24, 2.45) is 0 Å². The number of rotatable bonds is 7. The molecule has 24 heavy (non-hydrogen) atoms. The Morgan fingerprint density at radius 2 is 1.75 bits per heavy atom. The number of amides is 1. The fraction of sp³-hybridized carbons (Fsp3) is 0.188. The smallest absolute Gasteiger partial charge is 0.311 e. The van der Waals surface area contributed by atoms with Gasteiger partial charge in [-0.2, -0.15) is 0 Å². The molecule has 2 aromatic carbocycles. The second-order valence-corrected chi connectivity index (χ2v) is 4.66. The monoisotopic (exact) mass is 332 g/mol. The fourth-order valence-electron chi connectivity index (χ4n) is 1.92. The van der Waals surface area contributed by atoms with Gasteiger partial charge in [-0.05, 0) is 30.3 Å². The first-order chi connectivity index (χ1) is 11.5. The first kappa shape index (κ1) is 17.1. The average Bonchev–Trinajstić information content (AvgIpc) is 2.60. The third-order valence-corrected chi connectivity index (χ3v) is 3.09. The molecular weight excluding hydrogens is 316 g/mol. The van der Waals surface area contributed by atoms with Crippen LogP contribution in [-0.4, -0.2) is 31.7 Å². The predicted octanol–water partition coefficient (Wildman–Crippen LogP) is 2.63. The van der Waals surface area contributed by atoms with Crippen molar-refractivity contribution in [2.75, 3.05) is 26.1 Å².